The maximum Gasteiger partial charge on any atom is 0.139 e. The molecule has 1 aliphatic carbocycles. The Morgan fingerprint density at radius 3 is 2.50 bits per heavy atom. The summed E-state index contributed by atoms with van der Waals surface area (Å²) in [6, 6.07) is 8.32. The van der Waals surface area contributed by atoms with Crippen LogP contribution in [-0.2, 0) is 0 Å². The van der Waals surface area contributed by atoms with Crippen molar-refractivity contribution in [2.24, 2.45) is 0 Å². The van der Waals surface area contributed by atoms with Crippen molar-refractivity contribution in [1.82, 2.24) is 9.97 Å². The molecule has 2 N–H and O–H groups in total. The second-order valence-electron chi connectivity index (χ2n) is 5.42. The summed E-state index contributed by atoms with van der Waals surface area (Å²) >= 11 is 0. The number of benzene rings is 1. The van der Waals surface area contributed by atoms with Gasteiger partial charge in [0, 0.05) is 24.2 Å². The van der Waals surface area contributed by atoms with Crippen molar-refractivity contribution in [3.05, 3.63) is 41.2 Å². The monoisotopic (exact) mass is 268 g/mol. The third-order valence-electron chi connectivity index (χ3n) is 3.62. The molecule has 0 radical (unpaired) electrons. The number of hydrogen-bond acceptors (Lipinski definition) is 4. The molecule has 4 nitrogen and oxygen atoms in total. The minimum atomic E-state index is 0.542. The van der Waals surface area contributed by atoms with Crippen LogP contribution in [0.1, 0.15) is 35.7 Å². The van der Waals surface area contributed by atoms with Gasteiger partial charge < -0.3 is 10.6 Å². The van der Waals surface area contributed by atoms with Crippen molar-refractivity contribution in [2.75, 3.05) is 17.7 Å². The molecule has 1 aromatic carbocycles. The third kappa shape index (κ3) is 2.59. The van der Waals surface area contributed by atoms with E-state index in [0.29, 0.717) is 5.92 Å². The van der Waals surface area contributed by atoms with Crippen LogP contribution >= 0.6 is 0 Å². The molecule has 20 heavy (non-hydrogen) atoms. The standard InChI is InChI=1S/C16H20N4/c1-10-5-4-6-13(9-10)18-15-11(2)14(17-3)19-16(20-15)12-7-8-12/h4-6,9,12H,7-8H2,1-3H3,(H2,17,18,19,20). The van der Waals surface area contributed by atoms with Gasteiger partial charge in [0.1, 0.15) is 17.5 Å². The molecule has 1 saturated carbocycles. The molecular formula is C16H20N4. The Hall–Kier alpha value is -2.10. The smallest absolute Gasteiger partial charge is 0.139 e. The first kappa shape index (κ1) is 12.9. The molecule has 0 aliphatic heterocycles. The van der Waals surface area contributed by atoms with Gasteiger partial charge in [-0.05, 0) is 44.4 Å². The largest absolute Gasteiger partial charge is 0.373 e. The molecule has 1 aliphatic rings. The van der Waals surface area contributed by atoms with E-state index in [1.165, 1.54) is 18.4 Å². The van der Waals surface area contributed by atoms with Crippen LogP contribution in [0.25, 0.3) is 0 Å². The predicted octanol–water partition coefficient (Wildman–Crippen LogP) is 3.76. The van der Waals surface area contributed by atoms with Gasteiger partial charge in [0.15, 0.2) is 0 Å². The summed E-state index contributed by atoms with van der Waals surface area (Å²) < 4.78 is 0. The molecule has 0 atom stereocenters. The summed E-state index contributed by atoms with van der Waals surface area (Å²) in [6.07, 6.45) is 2.41. The van der Waals surface area contributed by atoms with Crippen molar-refractivity contribution in [1.29, 1.82) is 0 Å². The highest BCUT2D eigenvalue weighted by Gasteiger charge is 2.28. The van der Waals surface area contributed by atoms with E-state index in [1.807, 2.05) is 14.0 Å². The summed E-state index contributed by atoms with van der Waals surface area (Å²) in [5.41, 5.74) is 3.35. The molecule has 1 aromatic heterocycles. The first-order chi connectivity index (χ1) is 9.67. The van der Waals surface area contributed by atoms with Crippen molar-refractivity contribution in [2.45, 2.75) is 32.6 Å². The fourth-order valence-electron chi connectivity index (χ4n) is 2.28. The van der Waals surface area contributed by atoms with Crippen molar-refractivity contribution in [3.63, 3.8) is 0 Å². The van der Waals surface area contributed by atoms with Crippen LogP contribution < -0.4 is 10.6 Å². The molecule has 0 spiro atoms. The van der Waals surface area contributed by atoms with Crippen LogP contribution in [0.5, 0.6) is 0 Å². The van der Waals surface area contributed by atoms with Gasteiger partial charge in [-0.15, -0.1) is 0 Å². The molecule has 4 heteroatoms. The lowest BCUT2D eigenvalue weighted by Gasteiger charge is -2.14. The first-order valence-electron chi connectivity index (χ1n) is 7.07. The highest BCUT2D eigenvalue weighted by atomic mass is 15.1. The van der Waals surface area contributed by atoms with Crippen LogP contribution in [0.2, 0.25) is 0 Å². The lowest BCUT2D eigenvalue weighted by atomic mass is 10.2. The highest BCUT2D eigenvalue weighted by molar-refractivity contribution is 5.65. The summed E-state index contributed by atoms with van der Waals surface area (Å²) in [4.78, 5) is 9.32. The normalized spacial score (nSPS) is 14.2. The average Bonchev–Trinajstić information content (AvgIpc) is 3.25. The number of nitrogens with zero attached hydrogens (tertiary/aromatic N) is 2. The van der Waals surface area contributed by atoms with E-state index >= 15 is 0 Å². The SMILES string of the molecule is CNc1nc(C2CC2)nc(Nc2cccc(C)c2)c1C. The van der Waals surface area contributed by atoms with E-state index in [-0.39, 0.29) is 0 Å². The molecule has 0 saturated heterocycles. The molecule has 0 amide bonds. The number of aryl methyl sites for hydroxylation is 1. The van der Waals surface area contributed by atoms with Crippen molar-refractivity contribution in [3.8, 4) is 0 Å². The third-order valence-corrected chi connectivity index (χ3v) is 3.62. The van der Waals surface area contributed by atoms with Gasteiger partial charge in [0.2, 0.25) is 0 Å². The summed E-state index contributed by atoms with van der Waals surface area (Å²) in [5.74, 6) is 3.31. The Bertz CT molecular complexity index is 632. The zero-order valence-corrected chi connectivity index (χ0v) is 12.2. The van der Waals surface area contributed by atoms with Crippen LogP contribution in [0, 0.1) is 13.8 Å². The number of hydrogen-bond donors (Lipinski definition) is 2. The average molecular weight is 268 g/mol. The summed E-state index contributed by atoms with van der Waals surface area (Å²) in [7, 11) is 1.91. The second kappa shape index (κ2) is 5.12. The Balaban J connectivity index is 1.97. The lowest BCUT2D eigenvalue weighted by Crippen LogP contribution is -2.06. The summed E-state index contributed by atoms with van der Waals surface area (Å²) in [6.45, 7) is 4.13. The van der Waals surface area contributed by atoms with Gasteiger partial charge in [0.25, 0.3) is 0 Å². The highest BCUT2D eigenvalue weighted by Crippen LogP contribution is 2.39. The molecule has 104 valence electrons. The van der Waals surface area contributed by atoms with Gasteiger partial charge >= 0.3 is 0 Å². The Morgan fingerprint density at radius 2 is 1.85 bits per heavy atom. The van der Waals surface area contributed by atoms with Crippen molar-refractivity contribution < 1.29 is 0 Å². The number of rotatable bonds is 4. The minimum Gasteiger partial charge on any atom is -0.373 e. The van der Waals surface area contributed by atoms with Gasteiger partial charge in [-0.3, -0.25) is 0 Å². The molecule has 1 heterocycles. The topological polar surface area (TPSA) is 49.8 Å². The second-order valence-corrected chi connectivity index (χ2v) is 5.42. The van der Waals surface area contributed by atoms with Crippen LogP contribution in [0.4, 0.5) is 17.3 Å². The van der Waals surface area contributed by atoms with Crippen LogP contribution in [0.3, 0.4) is 0 Å². The first-order valence-corrected chi connectivity index (χ1v) is 7.07. The van der Waals surface area contributed by atoms with E-state index in [1.54, 1.807) is 0 Å². The number of nitrogens with one attached hydrogen (secondary N) is 2. The quantitative estimate of drug-likeness (QED) is 0.886. The predicted molar refractivity (Wildman–Crippen MR) is 82.8 cm³/mol. The Morgan fingerprint density at radius 1 is 1.10 bits per heavy atom. The summed E-state index contributed by atoms with van der Waals surface area (Å²) in [5, 5.41) is 6.58. The molecular weight excluding hydrogens is 248 g/mol. The fraction of sp³-hybridized carbons (Fsp3) is 0.375. The van der Waals surface area contributed by atoms with E-state index in [9.17, 15) is 0 Å². The number of anilines is 3. The van der Waals surface area contributed by atoms with E-state index in [4.69, 9.17) is 4.98 Å². The van der Waals surface area contributed by atoms with Gasteiger partial charge in [-0.1, -0.05) is 12.1 Å². The van der Waals surface area contributed by atoms with Gasteiger partial charge in [-0.2, -0.15) is 0 Å². The van der Waals surface area contributed by atoms with Gasteiger partial charge in [-0.25, -0.2) is 9.97 Å². The number of aromatic nitrogens is 2. The molecule has 0 bridgehead atoms. The fourth-order valence-corrected chi connectivity index (χ4v) is 2.28. The Labute approximate surface area is 119 Å². The molecule has 3 rings (SSSR count). The lowest BCUT2D eigenvalue weighted by molar-refractivity contribution is 0.924. The van der Waals surface area contributed by atoms with Crippen LogP contribution in [-0.4, -0.2) is 17.0 Å². The van der Waals surface area contributed by atoms with E-state index < -0.39 is 0 Å². The van der Waals surface area contributed by atoms with E-state index in [0.717, 1.165) is 28.7 Å². The zero-order chi connectivity index (χ0) is 14.1. The van der Waals surface area contributed by atoms with E-state index in [2.05, 4.69) is 46.8 Å². The Kier molecular flexibility index (Phi) is 3.30. The maximum atomic E-state index is 4.71. The minimum absolute atomic E-state index is 0.542. The van der Waals surface area contributed by atoms with Crippen LogP contribution in [0.15, 0.2) is 24.3 Å². The molecule has 2 aromatic rings. The van der Waals surface area contributed by atoms with Crippen molar-refractivity contribution >= 4 is 17.3 Å². The maximum absolute atomic E-state index is 4.71. The molecule has 1 fully saturated rings. The van der Waals surface area contributed by atoms with Gasteiger partial charge in [0.05, 0.1) is 0 Å². The molecule has 0 unspecified atom stereocenters. The zero-order valence-electron chi connectivity index (χ0n) is 12.2.